The summed E-state index contributed by atoms with van der Waals surface area (Å²) in [5, 5.41) is 32.5. The lowest BCUT2D eigenvalue weighted by molar-refractivity contribution is -0.172. The number of carboxylic acid groups (broad SMARTS) is 1. The molecule has 0 aromatic heterocycles. The number of carbonyl (C=O) groups is 2. The molecule has 0 spiro atoms. The van der Waals surface area contributed by atoms with Crippen molar-refractivity contribution in [1.29, 1.82) is 0 Å². The van der Waals surface area contributed by atoms with Crippen molar-refractivity contribution in [1.82, 2.24) is 15.1 Å². The van der Waals surface area contributed by atoms with E-state index in [1.54, 1.807) is 0 Å². The van der Waals surface area contributed by atoms with Gasteiger partial charge < -0.3 is 25.5 Å². The monoisotopic (exact) mass is 301 g/mol. The highest BCUT2D eigenvalue weighted by Crippen LogP contribution is 2.35. The number of likely N-dealkylation sites (tertiary alicyclic amines) is 1. The third-order valence-corrected chi connectivity index (χ3v) is 4.47. The zero-order valence-corrected chi connectivity index (χ0v) is 12.2. The van der Waals surface area contributed by atoms with Gasteiger partial charge in [-0.1, -0.05) is 0 Å². The quantitative estimate of drug-likeness (QED) is 0.466. The van der Waals surface area contributed by atoms with Crippen molar-refractivity contribution >= 4 is 11.9 Å². The van der Waals surface area contributed by atoms with E-state index in [-0.39, 0.29) is 18.5 Å². The van der Waals surface area contributed by atoms with Crippen molar-refractivity contribution in [2.75, 3.05) is 32.8 Å². The van der Waals surface area contributed by atoms with Gasteiger partial charge in [0, 0.05) is 26.1 Å². The first kappa shape index (κ1) is 16.2. The average molecular weight is 301 g/mol. The Morgan fingerprint density at radius 3 is 2.62 bits per heavy atom. The first-order valence-corrected chi connectivity index (χ1v) is 7.20. The molecule has 2 saturated heterocycles. The van der Waals surface area contributed by atoms with Crippen molar-refractivity contribution in [3.63, 3.8) is 0 Å². The highest BCUT2D eigenvalue weighted by atomic mass is 16.4. The molecule has 120 valence electrons. The summed E-state index contributed by atoms with van der Waals surface area (Å²) < 4.78 is 0. The number of amides is 1. The van der Waals surface area contributed by atoms with E-state index in [2.05, 4.69) is 5.32 Å². The summed E-state index contributed by atoms with van der Waals surface area (Å²) in [5.41, 5.74) is -1.35. The Morgan fingerprint density at radius 1 is 1.43 bits per heavy atom. The highest BCUT2D eigenvalue weighted by molar-refractivity contribution is 5.75. The molecule has 2 aliphatic heterocycles. The van der Waals surface area contributed by atoms with Gasteiger partial charge in [0.25, 0.3) is 0 Å². The summed E-state index contributed by atoms with van der Waals surface area (Å²) in [7, 11) is 0. The van der Waals surface area contributed by atoms with Crippen LogP contribution in [0.3, 0.4) is 0 Å². The normalized spacial score (nSPS) is 33.3. The first-order valence-electron chi connectivity index (χ1n) is 7.20. The van der Waals surface area contributed by atoms with Gasteiger partial charge in [0.05, 0.1) is 19.3 Å². The van der Waals surface area contributed by atoms with Crippen LogP contribution >= 0.6 is 0 Å². The molecule has 2 aliphatic rings. The van der Waals surface area contributed by atoms with Gasteiger partial charge in [0.2, 0.25) is 5.91 Å². The number of aliphatic carboxylic acids is 1. The third kappa shape index (κ3) is 2.76. The molecule has 2 rings (SSSR count). The van der Waals surface area contributed by atoms with Crippen LogP contribution in [-0.2, 0) is 9.59 Å². The molecule has 2 fully saturated rings. The molecule has 0 unspecified atom stereocenters. The minimum absolute atomic E-state index is 0.154. The highest BCUT2D eigenvalue weighted by Gasteiger charge is 2.55. The molecule has 4 N–H and O–H groups in total. The number of rotatable bonds is 5. The van der Waals surface area contributed by atoms with Gasteiger partial charge in [-0.25, -0.2) is 0 Å². The van der Waals surface area contributed by atoms with Crippen molar-refractivity contribution in [2.24, 2.45) is 0 Å². The second kappa shape index (κ2) is 6.27. The summed E-state index contributed by atoms with van der Waals surface area (Å²) in [6, 6.07) is -0.154. The minimum Gasteiger partial charge on any atom is -0.480 e. The molecule has 0 saturated carbocycles. The molecule has 0 bridgehead atoms. The zero-order valence-electron chi connectivity index (χ0n) is 12.2. The molecular weight excluding hydrogens is 278 g/mol. The number of carboxylic acids is 1. The van der Waals surface area contributed by atoms with Gasteiger partial charge in [-0.3, -0.25) is 14.5 Å². The summed E-state index contributed by atoms with van der Waals surface area (Å²) >= 11 is 0. The molecular formula is C13H23N3O5. The lowest BCUT2D eigenvalue weighted by Gasteiger charge is -2.49. The number of aliphatic hydroxyl groups excluding tert-OH is 2. The number of hydrogen-bond donors (Lipinski definition) is 4. The zero-order chi connectivity index (χ0) is 15.6. The fraction of sp³-hybridized carbons (Fsp3) is 0.846. The molecule has 0 aromatic carbocycles. The molecule has 0 aromatic rings. The summed E-state index contributed by atoms with van der Waals surface area (Å²) in [6.45, 7) is 2.25. The largest absolute Gasteiger partial charge is 0.480 e. The van der Waals surface area contributed by atoms with E-state index in [9.17, 15) is 19.8 Å². The van der Waals surface area contributed by atoms with Crippen LogP contribution in [0.4, 0.5) is 0 Å². The van der Waals surface area contributed by atoms with Crippen LogP contribution in [0.1, 0.15) is 19.8 Å². The van der Waals surface area contributed by atoms with E-state index in [0.29, 0.717) is 19.5 Å². The smallest absolute Gasteiger partial charge is 0.317 e. The van der Waals surface area contributed by atoms with Crippen LogP contribution in [0.15, 0.2) is 0 Å². The predicted molar refractivity (Wildman–Crippen MR) is 73.4 cm³/mol. The summed E-state index contributed by atoms with van der Waals surface area (Å²) in [4.78, 5) is 26.2. The summed E-state index contributed by atoms with van der Waals surface area (Å²) in [6.07, 6.45) is 0.0820. The number of hydrogen-bond acceptors (Lipinski definition) is 6. The van der Waals surface area contributed by atoms with Crippen molar-refractivity contribution in [3.8, 4) is 0 Å². The van der Waals surface area contributed by atoms with Crippen molar-refractivity contribution in [3.05, 3.63) is 0 Å². The van der Waals surface area contributed by atoms with E-state index in [4.69, 9.17) is 5.11 Å². The number of nitrogens with zero attached hydrogens (tertiary/aromatic N) is 2. The Balaban J connectivity index is 2.38. The van der Waals surface area contributed by atoms with Crippen LogP contribution in [-0.4, -0.2) is 87.6 Å². The van der Waals surface area contributed by atoms with E-state index >= 15 is 0 Å². The molecule has 8 nitrogen and oxygen atoms in total. The Kier molecular flexibility index (Phi) is 4.82. The van der Waals surface area contributed by atoms with E-state index in [1.807, 2.05) is 0 Å². The second-order valence-corrected chi connectivity index (χ2v) is 5.69. The Morgan fingerprint density at radius 2 is 2.14 bits per heavy atom. The van der Waals surface area contributed by atoms with Gasteiger partial charge in [0.15, 0.2) is 0 Å². The molecule has 0 radical (unpaired) electrons. The van der Waals surface area contributed by atoms with Crippen LogP contribution < -0.4 is 5.32 Å². The van der Waals surface area contributed by atoms with Crippen molar-refractivity contribution in [2.45, 2.75) is 37.6 Å². The third-order valence-electron chi connectivity index (χ3n) is 4.47. The van der Waals surface area contributed by atoms with Crippen LogP contribution in [0.25, 0.3) is 0 Å². The van der Waals surface area contributed by atoms with Gasteiger partial charge in [-0.15, -0.1) is 0 Å². The minimum atomic E-state index is -1.35. The van der Waals surface area contributed by atoms with Gasteiger partial charge in [0.1, 0.15) is 5.66 Å². The molecule has 8 heteroatoms. The average Bonchev–Trinajstić information content (AvgIpc) is 3.01. The second-order valence-electron chi connectivity index (χ2n) is 5.69. The van der Waals surface area contributed by atoms with Crippen molar-refractivity contribution < 1.29 is 24.9 Å². The molecule has 21 heavy (non-hydrogen) atoms. The van der Waals surface area contributed by atoms with Crippen LogP contribution in [0.2, 0.25) is 0 Å². The topological polar surface area (TPSA) is 113 Å². The van der Waals surface area contributed by atoms with Gasteiger partial charge in [-0.2, -0.15) is 0 Å². The summed E-state index contributed by atoms with van der Waals surface area (Å²) in [5.74, 6) is -1.32. The Hall–Kier alpha value is -1.22. The first-order chi connectivity index (χ1) is 9.93. The van der Waals surface area contributed by atoms with Gasteiger partial charge >= 0.3 is 5.97 Å². The maximum Gasteiger partial charge on any atom is 0.317 e. The molecule has 2 heterocycles. The standard InChI is InChI=1S/C13H23N3O5/c1-9(18)16(10-2-4-14-6-10)13(8-17)11(19)3-5-15(13)7-12(20)21/h10-11,14,17,19H,2-8H2,1H3,(H,20,21)/t10-,11+,13-/m1/s1. The fourth-order valence-electron chi connectivity index (χ4n) is 3.59. The predicted octanol–water partition coefficient (Wildman–Crippen LogP) is -1.96. The van der Waals surface area contributed by atoms with E-state index in [1.165, 1.54) is 16.7 Å². The fourth-order valence-corrected chi connectivity index (χ4v) is 3.59. The lowest BCUT2D eigenvalue weighted by Crippen LogP contribution is -2.69. The SMILES string of the molecule is CC(=O)N([C@@H]1CCNC1)[C@]1(CO)[C@@H](O)CCN1CC(=O)O. The number of carbonyl (C=O) groups excluding carboxylic acids is 1. The van der Waals surface area contributed by atoms with E-state index < -0.39 is 24.3 Å². The Labute approximate surface area is 123 Å². The van der Waals surface area contributed by atoms with E-state index in [0.717, 1.165) is 13.0 Å². The lowest BCUT2D eigenvalue weighted by atomic mass is 9.98. The number of aliphatic hydroxyl groups is 2. The number of nitrogens with one attached hydrogen (secondary N) is 1. The van der Waals surface area contributed by atoms with Crippen LogP contribution in [0.5, 0.6) is 0 Å². The van der Waals surface area contributed by atoms with Crippen LogP contribution in [0, 0.1) is 0 Å². The maximum atomic E-state index is 12.2. The molecule has 3 atom stereocenters. The Bertz CT molecular complexity index is 413. The molecule has 0 aliphatic carbocycles. The molecule has 1 amide bonds. The van der Waals surface area contributed by atoms with Gasteiger partial charge in [-0.05, 0) is 19.4 Å². The maximum absolute atomic E-state index is 12.2.